The molecular formula is C17H11ClN4O. The van der Waals surface area contributed by atoms with Crippen LogP contribution in [0.2, 0.25) is 5.02 Å². The maximum atomic E-state index is 12.6. The van der Waals surface area contributed by atoms with Gasteiger partial charge in [-0.25, -0.2) is 9.78 Å². The topological polar surface area (TPSA) is 63.6 Å². The molecule has 1 N–H and O–H groups in total. The second-order valence-corrected chi connectivity index (χ2v) is 5.48. The molecule has 0 fully saturated rings. The molecule has 112 valence electrons. The molecular weight excluding hydrogens is 312 g/mol. The van der Waals surface area contributed by atoms with Gasteiger partial charge in [0, 0.05) is 10.4 Å². The number of hydrogen-bond donors (Lipinski definition) is 1. The summed E-state index contributed by atoms with van der Waals surface area (Å²) < 4.78 is 1.56. The maximum Gasteiger partial charge on any atom is 0.353 e. The minimum atomic E-state index is -0.365. The molecule has 4 aromatic rings. The van der Waals surface area contributed by atoms with Crippen molar-refractivity contribution >= 4 is 22.5 Å². The summed E-state index contributed by atoms with van der Waals surface area (Å²) in [5, 5.41) is 1.38. The molecule has 0 saturated heterocycles. The van der Waals surface area contributed by atoms with Crippen LogP contribution in [0.3, 0.4) is 0 Å². The van der Waals surface area contributed by atoms with E-state index in [0.717, 1.165) is 11.1 Å². The van der Waals surface area contributed by atoms with Gasteiger partial charge in [-0.15, -0.1) is 0 Å². The number of aromatic nitrogens is 4. The van der Waals surface area contributed by atoms with E-state index in [1.54, 1.807) is 29.2 Å². The largest absolute Gasteiger partial charge is 0.353 e. The fourth-order valence-electron chi connectivity index (χ4n) is 2.62. The average molecular weight is 323 g/mol. The van der Waals surface area contributed by atoms with Gasteiger partial charge in [-0.1, -0.05) is 29.8 Å². The van der Waals surface area contributed by atoms with Gasteiger partial charge in [0.25, 0.3) is 0 Å². The highest BCUT2D eigenvalue weighted by atomic mass is 35.5. The average Bonchev–Trinajstić information content (AvgIpc) is 3.09. The SMILES string of the molecule is O=c1nc(-c2cnc[nH]2)c2ccc(Cl)cc2n1-c1ccccc1. The van der Waals surface area contributed by atoms with Crippen LogP contribution in [-0.2, 0) is 0 Å². The van der Waals surface area contributed by atoms with Gasteiger partial charge in [0.05, 0.1) is 29.4 Å². The van der Waals surface area contributed by atoms with Crippen LogP contribution in [0.1, 0.15) is 0 Å². The Labute approximate surface area is 136 Å². The zero-order valence-corrected chi connectivity index (χ0v) is 12.7. The van der Waals surface area contributed by atoms with Crippen molar-refractivity contribution in [1.82, 2.24) is 19.5 Å². The Morgan fingerprint density at radius 2 is 1.91 bits per heavy atom. The summed E-state index contributed by atoms with van der Waals surface area (Å²) in [6.45, 7) is 0. The number of nitrogens with zero attached hydrogens (tertiary/aromatic N) is 3. The van der Waals surface area contributed by atoms with Gasteiger partial charge >= 0.3 is 5.69 Å². The van der Waals surface area contributed by atoms with Crippen LogP contribution in [0.5, 0.6) is 0 Å². The van der Waals surface area contributed by atoms with Crippen LogP contribution in [0, 0.1) is 0 Å². The molecule has 4 rings (SSSR count). The molecule has 2 heterocycles. The molecule has 0 unspecified atom stereocenters. The van der Waals surface area contributed by atoms with Crippen LogP contribution in [0.25, 0.3) is 28.0 Å². The highest BCUT2D eigenvalue weighted by Gasteiger charge is 2.14. The molecule has 6 heteroatoms. The van der Waals surface area contributed by atoms with Gasteiger partial charge in [0.2, 0.25) is 0 Å². The maximum absolute atomic E-state index is 12.6. The third-order valence-electron chi connectivity index (χ3n) is 3.62. The first kappa shape index (κ1) is 13.7. The molecule has 5 nitrogen and oxygen atoms in total. The predicted octanol–water partition coefficient (Wildman–Crippen LogP) is 3.43. The molecule has 0 bridgehead atoms. The number of para-hydroxylation sites is 1. The predicted molar refractivity (Wildman–Crippen MR) is 89.9 cm³/mol. The quantitative estimate of drug-likeness (QED) is 0.615. The molecule has 2 aromatic heterocycles. The molecule has 0 aliphatic carbocycles. The van der Waals surface area contributed by atoms with Crippen molar-refractivity contribution < 1.29 is 0 Å². The minimum Gasteiger partial charge on any atom is -0.343 e. The Hall–Kier alpha value is -2.92. The van der Waals surface area contributed by atoms with E-state index in [1.165, 1.54) is 0 Å². The van der Waals surface area contributed by atoms with Crippen molar-refractivity contribution in [2.75, 3.05) is 0 Å². The summed E-state index contributed by atoms with van der Waals surface area (Å²) in [7, 11) is 0. The summed E-state index contributed by atoms with van der Waals surface area (Å²) in [5.41, 5.74) is 2.33. The van der Waals surface area contributed by atoms with E-state index >= 15 is 0 Å². The first-order valence-electron chi connectivity index (χ1n) is 7.00. The molecule has 0 amide bonds. The van der Waals surface area contributed by atoms with Crippen molar-refractivity contribution in [3.63, 3.8) is 0 Å². The second kappa shape index (κ2) is 5.37. The monoisotopic (exact) mass is 322 g/mol. The second-order valence-electron chi connectivity index (χ2n) is 5.04. The van der Waals surface area contributed by atoms with E-state index in [-0.39, 0.29) is 5.69 Å². The Balaban J connectivity index is 2.14. The minimum absolute atomic E-state index is 0.365. The number of benzene rings is 2. The molecule has 0 spiro atoms. The number of H-pyrrole nitrogens is 1. The fourth-order valence-corrected chi connectivity index (χ4v) is 2.78. The van der Waals surface area contributed by atoms with Crippen LogP contribution < -0.4 is 5.69 Å². The zero-order valence-electron chi connectivity index (χ0n) is 11.9. The van der Waals surface area contributed by atoms with Gasteiger partial charge in [-0.2, -0.15) is 4.98 Å². The lowest BCUT2D eigenvalue weighted by atomic mass is 10.1. The number of nitrogens with one attached hydrogen (secondary N) is 1. The standard InChI is InChI=1S/C17H11ClN4O/c18-11-6-7-13-15(8-11)22(12-4-2-1-3-5-12)17(23)21-16(13)14-9-19-10-20-14/h1-10H,(H,19,20). The van der Waals surface area contributed by atoms with E-state index in [1.807, 2.05) is 36.4 Å². The molecule has 23 heavy (non-hydrogen) atoms. The summed E-state index contributed by atoms with van der Waals surface area (Å²) in [5.74, 6) is 0. The molecule has 0 radical (unpaired) electrons. The van der Waals surface area contributed by atoms with Gasteiger partial charge in [0.15, 0.2) is 0 Å². The number of rotatable bonds is 2. The van der Waals surface area contributed by atoms with E-state index < -0.39 is 0 Å². The van der Waals surface area contributed by atoms with E-state index in [4.69, 9.17) is 11.6 Å². The summed E-state index contributed by atoms with van der Waals surface area (Å²) >= 11 is 6.15. The third kappa shape index (κ3) is 2.31. The van der Waals surface area contributed by atoms with Crippen LogP contribution in [0.4, 0.5) is 0 Å². The summed E-state index contributed by atoms with van der Waals surface area (Å²) in [6, 6.07) is 14.8. The number of imidazole rings is 1. The number of hydrogen-bond acceptors (Lipinski definition) is 3. The molecule has 0 atom stereocenters. The first-order valence-corrected chi connectivity index (χ1v) is 7.38. The molecule has 0 aliphatic rings. The number of fused-ring (bicyclic) bond motifs is 1. The lowest BCUT2D eigenvalue weighted by Gasteiger charge is -2.12. The Kier molecular flexibility index (Phi) is 3.20. The third-order valence-corrected chi connectivity index (χ3v) is 3.86. The highest BCUT2D eigenvalue weighted by molar-refractivity contribution is 6.31. The number of aromatic amines is 1. The fraction of sp³-hybridized carbons (Fsp3) is 0. The lowest BCUT2D eigenvalue weighted by molar-refractivity contribution is 0.961. The van der Waals surface area contributed by atoms with Crippen molar-refractivity contribution in [2.45, 2.75) is 0 Å². The smallest absolute Gasteiger partial charge is 0.343 e. The highest BCUT2D eigenvalue weighted by Crippen LogP contribution is 2.27. The van der Waals surface area contributed by atoms with Gasteiger partial charge in [-0.3, -0.25) is 4.57 Å². The Morgan fingerprint density at radius 1 is 1.09 bits per heavy atom. The summed E-state index contributed by atoms with van der Waals surface area (Å²) in [4.78, 5) is 23.9. The van der Waals surface area contributed by atoms with Crippen molar-refractivity contribution in [1.29, 1.82) is 0 Å². The van der Waals surface area contributed by atoms with E-state index in [0.29, 0.717) is 21.9 Å². The van der Waals surface area contributed by atoms with Gasteiger partial charge in [0.1, 0.15) is 5.69 Å². The van der Waals surface area contributed by atoms with Crippen molar-refractivity contribution in [2.24, 2.45) is 0 Å². The van der Waals surface area contributed by atoms with Crippen LogP contribution in [0.15, 0.2) is 65.8 Å². The van der Waals surface area contributed by atoms with Crippen LogP contribution >= 0.6 is 11.6 Å². The zero-order chi connectivity index (χ0) is 15.8. The van der Waals surface area contributed by atoms with Gasteiger partial charge < -0.3 is 4.98 Å². The molecule has 0 saturated carbocycles. The summed E-state index contributed by atoms with van der Waals surface area (Å²) in [6.07, 6.45) is 3.20. The van der Waals surface area contributed by atoms with E-state index in [9.17, 15) is 4.79 Å². The van der Waals surface area contributed by atoms with Crippen molar-refractivity contribution in [3.05, 3.63) is 76.6 Å². The Morgan fingerprint density at radius 3 is 2.65 bits per heavy atom. The van der Waals surface area contributed by atoms with E-state index in [2.05, 4.69) is 15.0 Å². The molecule has 0 aliphatic heterocycles. The Bertz CT molecular complexity index is 1040. The molecule has 2 aromatic carbocycles. The lowest BCUT2D eigenvalue weighted by Crippen LogP contribution is -2.22. The van der Waals surface area contributed by atoms with Gasteiger partial charge in [-0.05, 0) is 30.3 Å². The normalized spacial score (nSPS) is 11.0. The first-order chi connectivity index (χ1) is 11.2. The van der Waals surface area contributed by atoms with Crippen molar-refractivity contribution in [3.8, 4) is 17.1 Å². The number of halogens is 1. The van der Waals surface area contributed by atoms with Crippen LogP contribution in [-0.4, -0.2) is 19.5 Å².